The zero-order valence-electron chi connectivity index (χ0n) is 17.8. The van der Waals surface area contributed by atoms with Crippen molar-refractivity contribution in [2.75, 3.05) is 34.4 Å². The fraction of sp³-hybridized carbons (Fsp3) is 0.409. The SMILES string of the molecule is COc1cc(/C=C/C(=O)N2CCC(Oc3ccc(C)nn3)CC2)cc(OC)c1OC. The Kier molecular flexibility index (Phi) is 7.11. The number of methoxy groups -OCH3 is 3. The summed E-state index contributed by atoms with van der Waals surface area (Å²) in [5.74, 6) is 2.08. The number of aromatic nitrogens is 2. The summed E-state index contributed by atoms with van der Waals surface area (Å²) in [6.07, 6.45) is 4.84. The molecule has 0 N–H and O–H groups in total. The number of ether oxygens (including phenoxy) is 4. The van der Waals surface area contributed by atoms with Crippen LogP contribution in [0.25, 0.3) is 6.08 Å². The first-order valence-electron chi connectivity index (χ1n) is 9.78. The van der Waals surface area contributed by atoms with E-state index < -0.39 is 0 Å². The van der Waals surface area contributed by atoms with Crippen LogP contribution < -0.4 is 18.9 Å². The minimum absolute atomic E-state index is 0.0325. The van der Waals surface area contributed by atoms with Crippen LogP contribution in [0.15, 0.2) is 30.3 Å². The minimum Gasteiger partial charge on any atom is -0.493 e. The number of aryl methyl sites for hydroxylation is 1. The van der Waals surface area contributed by atoms with Gasteiger partial charge >= 0.3 is 0 Å². The molecule has 2 heterocycles. The molecule has 0 aliphatic carbocycles. The highest BCUT2D eigenvalue weighted by atomic mass is 16.5. The van der Waals surface area contributed by atoms with Crippen molar-refractivity contribution in [3.8, 4) is 23.1 Å². The fourth-order valence-electron chi connectivity index (χ4n) is 3.28. The molecule has 0 unspecified atom stereocenters. The summed E-state index contributed by atoms with van der Waals surface area (Å²) >= 11 is 0. The molecule has 0 bridgehead atoms. The van der Waals surface area contributed by atoms with E-state index in [1.807, 2.05) is 24.0 Å². The van der Waals surface area contributed by atoms with Crippen molar-refractivity contribution < 1.29 is 23.7 Å². The summed E-state index contributed by atoms with van der Waals surface area (Å²) in [6, 6.07) is 7.29. The van der Waals surface area contributed by atoms with Crippen molar-refractivity contribution in [3.05, 3.63) is 41.6 Å². The molecule has 2 aromatic rings. The van der Waals surface area contributed by atoms with Crippen LogP contribution in [0, 0.1) is 6.92 Å². The molecule has 1 aliphatic heterocycles. The van der Waals surface area contributed by atoms with E-state index >= 15 is 0 Å². The van der Waals surface area contributed by atoms with E-state index in [2.05, 4.69) is 10.2 Å². The molecular formula is C22H27N3O5. The van der Waals surface area contributed by atoms with Crippen molar-refractivity contribution in [1.29, 1.82) is 0 Å². The highest BCUT2D eigenvalue weighted by molar-refractivity contribution is 5.92. The molecule has 1 amide bonds. The van der Waals surface area contributed by atoms with Gasteiger partial charge in [-0.25, -0.2) is 0 Å². The lowest BCUT2D eigenvalue weighted by molar-refractivity contribution is -0.127. The van der Waals surface area contributed by atoms with Gasteiger partial charge in [-0.15, -0.1) is 5.10 Å². The summed E-state index contributed by atoms with van der Waals surface area (Å²) in [5.41, 5.74) is 1.63. The van der Waals surface area contributed by atoms with Crippen molar-refractivity contribution in [2.24, 2.45) is 0 Å². The molecule has 160 valence electrons. The topological polar surface area (TPSA) is 83.0 Å². The zero-order chi connectivity index (χ0) is 21.5. The van der Waals surface area contributed by atoms with Crippen molar-refractivity contribution in [3.63, 3.8) is 0 Å². The van der Waals surface area contributed by atoms with Crippen LogP contribution in [0.5, 0.6) is 23.1 Å². The fourth-order valence-corrected chi connectivity index (χ4v) is 3.28. The molecular weight excluding hydrogens is 386 g/mol. The van der Waals surface area contributed by atoms with Crippen LogP contribution in [-0.4, -0.2) is 61.5 Å². The predicted octanol–water partition coefficient (Wildman–Crippen LogP) is 2.89. The lowest BCUT2D eigenvalue weighted by Crippen LogP contribution is -2.41. The number of nitrogens with zero attached hydrogens (tertiary/aromatic N) is 3. The molecule has 0 saturated carbocycles. The Labute approximate surface area is 176 Å². The van der Waals surface area contributed by atoms with E-state index in [-0.39, 0.29) is 12.0 Å². The zero-order valence-corrected chi connectivity index (χ0v) is 17.8. The summed E-state index contributed by atoms with van der Waals surface area (Å²) in [4.78, 5) is 14.4. The summed E-state index contributed by atoms with van der Waals surface area (Å²) in [5, 5.41) is 8.04. The van der Waals surface area contributed by atoms with E-state index in [0.717, 1.165) is 24.1 Å². The van der Waals surface area contributed by atoms with Crippen LogP contribution in [-0.2, 0) is 4.79 Å². The molecule has 1 aromatic heterocycles. The molecule has 8 heteroatoms. The first kappa shape index (κ1) is 21.4. The number of carbonyl (C=O) groups is 1. The molecule has 0 radical (unpaired) electrons. The first-order valence-corrected chi connectivity index (χ1v) is 9.78. The molecule has 30 heavy (non-hydrogen) atoms. The largest absolute Gasteiger partial charge is 0.493 e. The van der Waals surface area contributed by atoms with Gasteiger partial charge in [0.05, 0.1) is 27.0 Å². The average molecular weight is 413 g/mol. The van der Waals surface area contributed by atoms with Gasteiger partial charge in [0.25, 0.3) is 0 Å². The molecule has 0 spiro atoms. The Morgan fingerprint density at radius 1 is 1.03 bits per heavy atom. The van der Waals surface area contributed by atoms with Gasteiger partial charge in [0.15, 0.2) is 11.5 Å². The highest BCUT2D eigenvalue weighted by Gasteiger charge is 2.23. The second-order valence-corrected chi connectivity index (χ2v) is 6.95. The third-order valence-electron chi connectivity index (χ3n) is 4.92. The van der Waals surface area contributed by atoms with Gasteiger partial charge in [0.2, 0.25) is 17.5 Å². The summed E-state index contributed by atoms with van der Waals surface area (Å²) in [7, 11) is 4.67. The van der Waals surface area contributed by atoms with Gasteiger partial charge in [0, 0.05) is 38.1 Å². The average Bonchev–Trinajstić information content (AvgIpc) is 2.78. The standard InChI is InChI=1S/C22H27N3O5/c1-15-5-7-20(24-23-15)30-17-9-11-25(12-10-17)21(26)8-6-16-13-18(27-2)22(29-4)19(14-16)28-3/h5-8,13-14,17H,9-12H2,1-4H3/b8-6+. The van der Waals surface area contributed by atoms with Crippen molar-refractivity contribution >= 4 is 12.0 Å². The van der Waals surface area contributed by atoms with Gasteiger partial charge in [0.1, 0.15) is 6.10 Å². The van der Waals surface area contributed by atoms with Crippen LogP contribution in [0.1, 0.15) is 24.1 Å². The Balaban J connectivity index is 1.58. The second-order valence-electron chi connectivity index (χ2n) is 6.95. The Hall–Kier alpha value is -3.29. The number of likely N-dealkylation sites (tertiary alicyclic amines) is 1. The summed E-state index contributed by atoms with van der Waals surface area (Å²) < 4.78 is 21.9. The predicted molar refractivity (Wildman–Crippen MR) is 112 cm³/mol. The third kappa shape index (κ3) is 5.20. The summed E-state index contributed by atoms with van der Waals surface area (Å²) in [6.45, 7) is 3.14. The molecule has 0 atom stereocenters. The number of piperidine rings is 1. The van der Waals surface area contributed by atoms with Gasteiger partial charge < -0.3 is 23.8 Å². The maximum absolute atomic E-state index is 12.6. The van der Waals surface area contributed by atoms with E-state index in [0.29, 0.717) is 36.2 Å². The van der Waals surface area contributed by atoms with E-state index in [9.17, 15) is 4.79 Å². The Morgan fingerprint density at radius 2 is 1.70 bits per heavy atom. The Morgan fingerprint density at radius 3 is 2.23 bits per heavy atom. The normalized spacial score (nSPS) is 14.6. The molecule has 8 nitrogen and oxygen atoms in total. The number of carbonyl (C=O) groups excluding carboxylic acids is 1. The lowest BCUT2D eigenvalue weighted by Gasteiger charge is -2.31. The number of hydrogen-bond acceptors (Lipinski definition) is 7. The van der Waals surface area contributed by atoms with Crippen LogP contribution in [0.2, 0.25) is 0 Å². The molecule has 3 rings (SSSR count). The lowest BCUT2D eigenvalue weighted by atomic mass is 10.1. The highest BCUT2D eigenvalue weighted by Crippen LogP contribution is 2.38. The monoisotopic (exact) mass is 413 g/mol. The number of hydrogen-bond donors (Lipinski definition) is 0. The molecule has 1 saturated heterocycles. The van der Waals surface area contributed by atoms with Crippen molar-refractivity contribution in [1.82, 2.24) is 15.1 Å². The van der Waals surface area contributed by atoms with E-state index in [1.54, 1.807) is 45.6 Å². The maximum atomic E-state index is 12.6. The number of benzene rings is 1. The second kappa shape index (κ2) is 9.96. The quantitative estimate of drug-likeness (QED) is 0.646. The van der Waals surface area contributed by atoms with Gasteiger partial charge in [-0.05, 0) is 36.8 Å². The van der Waals surface area contributed by atoms with E-state index in [4.69, 9.17) is 18.9 Å². The van der Waals surface area contributed by atoms with Crippen molar-refractivity contribution in [2.45, 2.75) is 25.9 Å². The smallest absolute Gasteiger partial charge is 0.246 e. The van der Waals surface area contributed by atoms with E-state index in [1.165, 1.54) is 0 Å². The van der Waals surface area contributed by atoms with Gasteiger partial charge in [-0.3, -0.25) is 4.79 Å². The van der Waals surface area contributed by atoms with Gasteiger partial charge in [-0.2, -0.15) is 5.10 Å². The number of rotatable bonds is 7. The van der Waals surface area contributed by atoms with Crippen LogP contribution in [0.4, 0.5) is 0 Å². The maximum Gasteiger partial charge on any atom is 0.246 e. The molecule has 1 aromatic carbocycles. The third-order valence-corrected chi connectivity index (χ3v) is 4.92. The Bertz CT molecular complexity index is 865. The van der Waals surface area contributed by atoms with Crippen LogP contribution in [0.3, 0.4) is 0 Å². The minimum atomic E-state index is -0.0441. The first-order chi connectivity index (χ1) is 14.5. The van der Waals surface area contributed by atoms with Gasteiger partial charge in [-0.1, -0.05) is 0 Å². The molecule has 1 fully saturated rings. The molecule has 1 aliphatic rings. The number of amides is 1. The van der Waals surface area contributed by atoms with Crippen LogP contribution >= 0.6 is 0 Å².